The van der Waals surface area contributed by atoms with E-state index in [4.69, 9.17) is 9.47 Å². The number of nitrogens with zero attached hydrogens (tertiary/aromatic N) is 3. The van der Waals surface area contributed by atoms with Crippen LogP contribution in [0.4, 0.5) is 4.79 Å². The highest BCUT2D eigenvalue weighted by Gasteiger charge is 2.32. The highest BCUT2D eigenvalue weighted by molar-refractivity contribution is 5.75. The number of carbonyl (C=O) groups excluding carboxylic acids is 1. The second-order valence-electron chi connectivity index (χ2n) is 5.22. The van der Waals surface area contributed by atoms with Crippen LogP contribution >= 0.6 is 0 Å². The number of rotatable bonds is 4. The molecule has 0 aromatic carbocycles. The van der Waals surface area contributed by atoms with E-state index >= 15 is 0 Å². The van der Waals surface area contributed by atoms with E-state index in [-0.39, 0.29) is 12.1 Å². The van der Waals surface area contributed by atoms with Crippen LogP contribution in [0.2, 0.25) is 0 Å². The maximum absolute atomic E-state index is 12.4. The number of carbonyl (C=O) groups is 1. The molecule has 0 unspecified atom stereocenters. The third kappa shape index (κ3) is 3.36. The van der Waals surface area contributed by atoms with E-state index in [0.717, 1.165) is 17.0 Å². The highest BCUT2D eigenvalue weighted by Crippen LogP contribution is 2.29. The Kier molecular flexibility index (Phi) is 5.19. The van der Waals surface area contributed by atoms with Gasteiger partial charge in [-0.05, 0) is 13.8 Å². The first-order chi connectivity index (χ1) is 10.1. The molecule has 1 aromatic rings. The van der Waals surface area contributed by atoms with Crippen molar-refractivity contribution in [2.45, 2.75) is 19.9 Å². The topological polar surface area (TPSA) is 68.6 Å². The minimum absolute atomic E-state index is 0.0806. The van der Waals surface area contributed by atoms with Crippen LogP contribution in [0.15, 0.2) is 0 Å². The van der Waals surface area contributed by atoms with Crippen molar-refractivity contribution in [3.8, 4) is 0 Å². The van der Waals surface area contributed by atoms with Gasteiger partial charge in [-0.25, -0.2) is 4.79 Å². The Balaban J connectivity index is 2.17. The molecule has 1 aromatic heterocycles. The molecule has 0 radical (unpaired) electrons. The van der Waals surface area contributed by atoms with E-state index in [2.05, 4.69) is 10.4 Å². The Bertz CT molecular complexity index is 501. The van der Waals surface area contributed by atoms with Gasteiger partial charge in [0.15, 0.2) is 0 Å². The lowest BCUT2D eigenvalue weighted by molar-refractivity contribution is 0.0109. The molecule has 0 aliphatic carbocycles. The number of morpholine rings is 1. The lowest BCUT2D eigenvalue weighted by Crippen LogP contribution is -2.49. The number of hydrogen-bond donors (Lipinski definition) is 1. The molecule has 7 nitrogen and oxygen atoms in total. The predicted octanol–water partition coefficient (Wildman–Crippen LogP) is 0.766. The number of urea groups is 1. The summed E-state index contributed by atoms with van der Waals surface area (Å²) in [4.78, 5) is 14.2. The van der Waals surface area contributed by atoms with Crippen LogP contribution in [0.1, 0.15) is 23.0 Å². The Morgan fingerprint density at radius 3 is 2.90 bits per heavy atom. The van der Waals surface area contributed by atoms with Gasteiger partial charge >= 0.3 is 6.03 Å². The van der Waals surface area contributed by atoms with Crippen LogP contribution in [0, 0.1) is 13.8 Å². The normalized spacial score (nSPS) is 18.9. The summed E-state index contributed by atoms with van der Waals surface area (Å²) in [5, 5.41) is 7.32. The molecule has 7 heteroatoms. The minimum Gasteiger partial charge on any atom is -0.383 e. The fourth-order valence-corrected chi connectivity index (χ4v) is 2.72. The predicted molar refractivity (Wildman–Crippen MR) is 78.2 cm³/mol. The van der Waals surface area contributed by atoms with Crippen molar-refractivity contribution >= 4 is 6.03 Å². The van der Waals surface area contributed by atoms with E-state index in [0.29, 0.717) is 32.9 Å². The summed E-state index contributed by atoms with van der Waals surface area (Å²) in [5.74, 6) is 0. The molecule has 2 amide bonds. The van der Waals surface area contributed by atoms with Crippen LogP contribution in [0.5, 0.6) is 0 Å². The molecular formula is C14H24N4O3. The third-order valence-electron chi connectivity index (χ3n) is 3.87. The monoisotopic (exact) mass is 296 g/mol. The Morgan fingerprint density at radius 2 is 2.29 bits per heavy atom. The van der Waals surface area contributed by atoms with Crippen molar-refractivity contribution < 1.29 is 14.3 Å². The summed E-state index contributed by atoms with van der Waals surface area (Å²) >= 11 is 0. The van der Waals surface area contributed by atoms with Gasteiger partial charge in [0, 0.05) is 38.5 Å². The zero-order chi connectivity index (χ0) is 15.4. The molecule has 0 bridgehead atoms. The summed E-state index contributed by atoms with van der Waals surface area (Å²) < 4.78 is 12.4. The van der Waals surface area contributed by atoms with Gasteiger partial charge in [-0.3, -0.25) is 4.68 Å². The second kappa shape index (κ2) is 6.91. The number of amides is 2. The maximum atomic E-state index is 12.4. The standard InChI is InChI=1S/C14H24N4O3/c1-10-13(11(2)17(3)16-10)12-9-21-8-6-18(12)14(19)15-5-7-20-4/h12H,5-9H2,1-4H3,(H,15,19)/t12-/m0/s1. The van der Waals surface area contributed by atoms with Crippen LogP contribution < -0.4 is 5.32 Å². The van der Waals surface area contributed by atoms with Crippen molar-refractivity contribution in [2.75, 3.05) is 40.0 Å². The van der Waals surface area contributed by atoms with Crippen LogP contribution in [0.3, 0.4) is 0 Å². The highest BCUT2D eigenvalue weighted by atomic mass is 16.5. The van der Waals surface area contributed by atoms with Gasteiger partial charge < -0.3 is 19.7 Å². The Labute approximate surface area is 125 Å². The van der Waals surface area contributed by atoms with Crippen molar-refractivity contribution in [3.05, 3.63) is 17.0 Å². The van der Waals surface area contributed by atoms with Crippen molar-refractivity contribution in [1.29, 1.82) is 0 Å². The molecule has 1 saturated heterocycles. The second-order valence-corrected chi connectivity index (χ2v) is 5.22. The molecular weight excluding hydrogens is 272 g/mol. The van der Waals surface area contributed by atoms with Gasteiger partial charge in [-0.1, -0.05) is 0 Å². The molecule has 1 N–H and O–H groups in total. The zero-order valence-corrected chi connectivity index (χ0v) is 13.2. The number of ether oxygens (including phenoxy) is 2. The SMILES string of the molecule is COCCNC(=O)N1CCOC[C@H]1c1c(C)nn(C)c1C. The number of hydrogen-bond acceptors (Lipinski definition) is 4. The van der Waals surface area contributed by atoms with Gasteiger partial charge in [-0.2, -0.15) is 5.10 Å². The molecule has 118 valence electrons. The quantitative estimate of drug-likeness (QED) is 0.833. The van der Waals surface area contributed by atoms with E-state index in [9.17, 15) is 4.79 Å². The Hall–Kier alpha value is -1.60. The summed E-state index contributed by atoms with van der Waals surface area (Å²) in [7, 11) is 3.53. The average Bonchev–Trinajstić information content (AvgIpc) is 2.72. The fourth-order valence-electron chi connectivity index (χ4n) is 2.72. The van der Waals surface area contributed by atoms with Gasteiger partial charge in [0.05, 0.1) is 31.6 Å². The van der Waals surface area contributed by atoms with Gasteiger partial charge in [0.1, 0.15) is 0 Å². The molecule has 0 spiro atoms. The van der Waals surface area contributed by atoms with Gasteiger partial charge in [0.25, 0.3) is 0 Å². The fraction of sp³-hybridized carbons (Fsp3) is 0.714. The van der Waals surface area contributed by atoms with Crippen LogP contribution in [-0.2, 0) is 16.5 Å². The van der Waals surface area contributed by atoms with E-state index < -0.39 is 0 Å². The Morgan fingerprint density at radius 1 is 1.52 bits per heavy atom. The number of methoxy groups -OCH3 is 1. The lowest BCUT2D eigenvalue weighted by Gasteiger charge is -2.36. The van der Waals surface area contributed by atoms with E-state index in [1.165, 1.54) is 0 Å². The summed E-state index contributed by atoms with van der Waals surface area (Å²) in [6.07, 6.45) is 0. The molecule has 1 atom stereocenters. The summed E-state index contributed by atoms with van der Waals surface area (Å²) in [5.41, 5.74) is 3.09. The minimum atomic E-state index is -0.0880. The first-order valence-corrected chi connectivity index (χ1v) is 7.17. The van der Waals surface area contributed by atoms with Crippen molar-refractivity contribution in [3.63, 3.8) is 0 Å². The maximum Gasteiger partial charge on any atom is 0.318 e. The first-order valence-electron chi connectivity index (χ1n) is 7.17. The van der Waals surface area contributed by atoms with E-state index in [1.54, 1.807) is 7.11 Å². The van der Waals surface area contributed by atoms with Gasteiger partial charge in [0.2, 0.25) is 0 Å². The molecule has 21 heavy (non-hydrogen) atoms. The smallest absolute Gasteiger partial charge is 0.318 e. The molecule has 1 aliphatic heterocycles. The van der Waals surface area contributed by atoms with E-state index in [1.807, 2.05) is 30.5 Å². The van der Waals surface area contributed by atoms with Crippen LogP contribution in [0.25, 0.3) is 0 Å². The number of aryl methyl sites for hydroxylation is 2. The van der Waals surface area contributed by atoms with Crippen molar-refractivity contribution in [2.24, 2.45) is 7.05 Å². The largest absolute Gasteiger partial charge is 0.383 e. The molecule has 1 fully saturated rings. The molecule has 2 heterocycles. The molecule has 1 aliphatic rings. The first kappa shape index (κ1) is 15.8. The number of nitrogens with one attached hydrogen (secondary N) is 1. The average molecular weight is 296 g/mol. The number of aromatic nitrogens is 2. The molecule has 2 rings (SSSR count). The summed E-state index contributed by atoms with van der Waals surface area (Å²) in [6.45, 7) is 6.65. The summed E-state index contributed by atoms with van der Waals surface area (Å²) in [6, 6.07) is -0.169. The third-order valence-corrected chi connectivity index (χ3v) is 3.87. The zero-order valence-electron chi connectivity index (χ0n) is 13.2. The lowest BCUT2D eigenvalue weighted by atomic mass is 10.0. The van der Waals surface area contributed by atoms with Gasteiger partial charge in [-0.15, -0.1) is 0 Å². The van der Waals surface area contributed by atoms with Crippen molar-refractivity contribution in [1.82, 2.24) is 20.0 Å². The van der Waals surface area contributed by atoms with Crippen LogP contribution in [-0.4, -0.2) is 60.7 Å². The molecule has 0 saturated carbocycles.